The maximum Gasteiger partial charge on any atom is 0.0594 e. The molecule has 0 saturated carbocycles. The van der Waals surface area contributed by atoms with Gasteiger partial charge in [-0.15, -0.1) is 0 Å². The van der Waals surface area contributed by atoms with Gasteiger partial charge in [-0.2, -0.15) is 0 Å². The van der Waals surface area contributed by atoms with Gasteiger partial charge in [-0.25, -0.2) is 0 Å². The maximum absolute atomic E-state index is 2.43. The van der Waals surface area contributed by atoms with Crippen molar-refractivity contribution in [3.63, 3.8) is 0 Å². The molecular formula is C22H48P+. The van der Waals surface area contributed by atoms with Gasteiger partial charge in [0.2, 0.25) is 0 Å². The fourth-order valence-corrected chi connectivity index (χ4v) is 8.92. The second-order valence-electron chi connectivity index (χ2n) is 7.77. The topological polar surface area (TPSA) is 0 Å². The third kappa shape index (κ3) is 13.4. The van der Waals surface area contributed by atoms with Crippen LogP contribution in [0.3, 0.4) is 0 Å². The highest BCUT2D eigenvalue weighted by atomic mass is 31.2. The Hall–Kier alpha value is 0.430. The summed E-state index contributed by atoms with van der Waals surface area (Å²) in [6, 6.07) is 0. The van der Waals surface area contributed by atoms with E-state index in [1.807, 2.05) is 0 Å². The van der Waals surface area contributed by atoms with Crippen LogP contribution in [0.25, 0.3) is 0 Å². The average Bonchev–Trinajstić information content (AvgIpc) is 2.55. The predicted molar refractivity (Wildman–Crippen MR) is 114 cm³/mol. The summed E-state index contributed by atoms with van der Waals surface area (Å²) >= 11 is 0. The van der Waals surface area contributed by atoms with Crippen molar-refractivity contribution < 1.29 is 0 Å². The molecule has 23 heavy (non-hydrogen) atoms. The van der Waals surface area contributed by atoms with Crippen LogP contribution in [0, 0.1) is 0 Å². The van der Waals surface area contributed by atoms with Gasteiger partial charge in [0.05, 0.1) is 24.6 Å². The summed E-state index contributed by atoms with van der Waals surface area (Å²) in [6.07, 6.45) is 27.0. The van der Waals surface area contributed by atoms with Crippen LogP contribution in [-0.4, -0.2) is 24.6 Å². The molecule has 0 bridgehead atoms. The lowest BCUT2D eigenvalue weighted by Gasteiger charge is -2.28. The first-order valence-electron chi connectivity index (χ1n) is 11.1. The van der Waals surface area contributed by atoms with Gasteiger partial charge in [-0.05, 0) is 38.5 Å². The van der Waals surface area contributed by atoms with Crippen LogP contribution in [-0.2, 0) is 0 Å². The zero-order valence-electron chi connectivity index (χ0n) is 17.2. The van der Waals surface area contributed by atoms with E-state index >= 15 is 0 Å². The van der Waals surface area contributed by atoms with Crippen LogP contribution < -0.4 is 0 Å². The number of unbranched alkanes of at least 4 members (excludes halogenated alkanes) is 10. The van der Waals surface area contributed by atoms with Gasteiger partial charge < -0.3 is 0 Å². The quantitative estimate of drug-likeness (QED) is 0.173. The number of hydrogen-bond acceptors (Lipinski definition) is 0. The largest absolute Gasteiger partial charge is 0.0654 e. The first-order valence-corrected chi connectivity index (χ1v) is 13.6. The Labute approximate surface area is 149 Å². The Bertz CT molecular complexity index is 210. The molecule has 0 atom stereocenters. The Morgan fingerprint density at radius 2 is 0.696 bits per heavy atom. The molecule has 0 radical (unpaired) electrons. The molecule has 140 valence electrons. The molecule has 0 aromatic heterocycles. The van der Waals surface area contributed by atoms with Crippen LogP contribution in [0.5, 0.6) is 0 Å². The molecule has 0 heterocycles. The van der Waals surface area contributed by atoms with E-state index in [0.717, 1.165) is 0 Å². The minimum absolute atomic E-state index is 0.623. The SMILES string of the molecule is CCCCCCC[P+](CCC)(CCCCC)CCCCCCC. The van der Waals surface area contributed by atoms with Crippen molar-refractivity contribution in [1.29, 1.82) is 0 Å². The smallest absolute Gasteiger partial charge is 0.0594 e. The van der Waals surface area contributed by atoms with Crippen molar-refractivity contribution in [2.24, 2.45) is 0 Å². The molecule has 0 aromatic carbocycles. The number of rotatable bonds is 18. The lowest BCUT2D eigenvalue weighted by Crippen LogP contribution is -2.12. The second-order valence-corrected chi connectivity index (χ2v) is 12.2. The maximum atomic E-state index is 2.43. The first kappa shape index (κ1) is 23.4. The van der Waals surface area contributed by atoms with Crippen molar-refractivity contribution in [2.45, 2.75) is 118 Å². The molecule has 0 saturated heterocycles. The normalized spacial score (nSPS) is 12.0. The highest BCUT2D eigenvalue weighted by Gasteiger charge is 2.34. The Kier molecular flexibility index (Phi) is 17.6. The summed E-state index contributed by atoms with van der Waals surface area (Å²) < 4.78 is 0. The molecule has 0 aliphatic heterocycles. The average molecular weight is 344 g/mol. The monoisotopic (exact) mass is 343 g/mol. The second kappa shape index (κ2) is 17.3. The van der Waals surface area contributed by atoms with E-state index in [-0.39, 0.29) is 0 Å². The summed E-state index contributed by atoms with van der Waals surface area (Å²) in [5, 5.41) is 0. The molecule has 0 fully saturated rings. The van der Waals surface area contributed by atoms with Crippen molar-refractivity contribution in [1.82, 2.24) is 0 Å². The molecule has 0 spiro atoms. The highest BCUT2D eigenvalue weighted by Crippen LogP contribution is 2.61. The van der Waals surface area contributed by atoms with Crippen molar-refractivity contribution in [3.8, 4) is 0 Å². The minimum Gasteiger partial charge on any atom is -0.0654 e. The van der Waals surface area contributed by atoms with E-state index in [1.54, 1.807) is 24.6 Å². The van der Waals surface area contributed by atoms with Crippen molar-refractivity contribution in [2.75, 3.05) is 24.6 Å². The van der Waals surface area contributed by atoms with Crippen LogP contribution >= 0.6 is 7.26 Å². The summed E-state index contributed by atoms with van der Waals surface area (Å²) in [6.45, 7) is 9.45. The fourth-order valence-electron chi connectivity index (χ4n) is 3.94. The van der Waals surface area contributed by atoms with E-state index in [2.05, 4.69) is 27.7 Å². The molecule has 0 unspecified atom stereocenters. The van der Waals surface area contributed by atoms with E-state index in [1.165, 1.54) is 89.9 Å². The van der Waals surface area contributed by atoms with Gasteiger partial charge in [0.25, 0.3) is 0 Å². The Morgan fingerprint density at radius 1 is 0.348 bits per heavy atom. The standard InChI is InChI=1S/C22H48P/c1-5-9-12-14-17-21-23(19-8-4,20-16-11-7-3)22-18-15-13-10-6-2/h5-22H2,1-4H3/q+1. The molecule has 0 N–H and O–H groups in total. The van der Waals surface area contributed by atoms with E-state index in [9.17, 15) is 0 Å². The Balaban J connectivity index is 4.35. The lowest BCUT2D eigenvalue weighted by molar-refractivity contribution is 0.648. The van der Waals surface area contributed by atoms with Gasteiger partial charge in [-0.1, -0.05) is 79.1 Å². The zero-order chi connectivity index (χ0) is 17.2. The van der Waals surface area contributed by atoms with Gasteiger partial charge in [0.15, 0.2) is 0 Å². The molecule has 0 aliphatic carbocycles. The van der Waals surface area contributed by atoms with Crippen molar-refractivity contribution in [3.05, 3.63) is 0 Å². The van der Waals surface area contributed by atoms with Crippen LogP contribution in [0.15, 0.2) is 0 Å². The van der Waals surface area contributed by atoms with E-state index in [4.69, 9.17) is 0 Å². The third-order valence-corrected chi connectivity index (χ3v) is 10.6. The summed E-state index contributed by atoms with van der Waals surface area (Å²) in [5.74, 6) is 0. The fraction of sp³-hybridized carbons (Fsp3) is 1.00. The summed E-state index contributed by atoms with van der Waals surface area (Å²) in [7, 11) is -0.623. The summed E-state index contributed by atoms with van der Waals surface area (Å²) in [5.41, 5.74) is 0. The minimum atomic E-state index is -0.623. The third-order valence-electron chi connectivity index (χ3n) is 5.41. The van der Waals surface area contributed by atoms with Gasteiger partial charge in [0, 0.05) is 7.26 Å². The molecule has 0 rings (SSSR count). The molecule has 0 amide bonds. The van der Waals surface area contributed by atoms with Crippen LogP contribution in [0.1, 0.15) is 118 Å². The predicted octanol–water partition coefficient (Wildman–Crippen LogP) is 8.55. The molecule has 1 heteroatoms. The zero-order valence-corrected chi connectivity index (χ0v) is 18.1. The lowest BCUT2D eigenvalue weighted by atomic mass is 10.2. The molecule has 0 nitrogen and oxygen atoms in total. The molecular weight excluding hydrogens is 295 g/mol. The highest BCUT2D eigenvalue weighted by molar-refractivity contribution is 7.75. The van der Waals surface area contributed by atoms with Gasteiger partial charge >= 0.3 is 0 Å². The van der Waals surface area contributed by atoms with Gasteiger partial charge in [0.1, 0.15) is 0 Å². The van der Waals surface area contributed by atoms with Crippen molar-refractivity contribution >= 4 is 7.26 Å². The van der Waals surface area contributed by atoms with E-state index < -0.39 is 7.26 Å². The van der Waals surface area contributed by atoms with E-state index in [0.29, 0.717) is 0 Å². The van der Waals surface area contributed by atoms with Crippen LogP contribution in [0.2, 0.25) is 0 Å². The first-order chi connectivity index (χ1) is 11.2. The number of hydrogen-bond donors (Lipinski definition) is 0. The van der Waals surface area contributed by atoms with Crippen LogP contribution in [0.4, 0.5) is 0 Å². The van der Waals surface area contributed by atoms with Gasteiger partial charge in [-0.3, -0.25) is 0 Å². The molecule has 0 aromatic rings. The Morgan fingerprint density at radius 3 is 1.09 bits per heavy atom. The summed E-state index contributed by atoms with van der Waals surface area (Å²) in [4.78, 5) is 0. The molecule has 0 aliphatic rings.